The van der Waals surface area contributed by atoms with E-state index in [9.17, 15) is 9.59 Å². The fraction of sp³-hybridized carbons (Fsp3) is 0.647. The van der Waals surface area contributed by atoms with Crippen LogP contribution in [0, 0.1) is 25.2 Å². The number of nitrogens with one attached hydrogen (secondary N) is 1. The highest BCUT2D eigenvalue weighted by Gasteiger charge is 2.50. The molecule has 2 aliphatic heterocycles. The first-order chi connectivity index (χ1) is 11.0. The zero-order chi connectivity index (χ0) is 16.6. The van der Waals surface area contributed by atoms with Gasteiger partial charge in [-0.2, -0.15) is 0 Å². The Balaban J connectivity index is 1.70. The number of ether oxygens (including phenoxy) is 1. The minimum absolute atomic E-state index is 0.0229. The van der Waals surface area contributed by atoms with E-state index in [2.05, 4.69) is 5.32 Å². The van der Waals surface area contributed by atoms with Crippen LogP contribution in [-0.2, 0) is 9.53 Å². The number of rotatable bonds is 3. The van der Waals surface area contributed by atoms with E-state index in [0.717, 1.165) is 18.6 Å². The molecule has 0 bridgehead atoms. The molecule has 0 unspecified atom stereocenters. The van der Waals surface area contributed by atoms with Gasteiger partial charge in [0.25, 0.3) is 5.91 Å². The lowest BCUT2D eigenvalue weighted by Crippen LogP contribution is -2.47. The molecule has 0 aliphatic carbocycles. The van der Waals surface area contributed by atoms with Crippen molar-refractivity contribution in [1.29, 1.82) is 0 Å². The van der Waals surface area contributed by atoms with E-state index in [1.54, 1.807) is 13.2 Å². The predicted molar refractivity (Wildman–Crippen MR) is 84.1 cm³/mol. The lowest BCUT2D eigenvalue weighted by Gasteiger charge is -2.41. The second-order valence-corrected chi connectivity index (χ2v) is 6.71. The Morgan fingerprint density at radius 2 is 2.13 bits per heavy atom. The van der Waals surface area contributed by atoms with E-state index >= 15 is 0 Å². The molecule has 1 atom stereocenters. The van der Waals surface area contributed by atoms with Gasteiger partial charge in [-0.15, -0.1) is 0 Å². The zero-order valence-corrected chi connectivity index (χ0v) is 14.0. The number of carbonyl (C=O) groups is 2. The number of aryl methyl sites for hydroxylation is 2. The van der Waals surface area contributed by atoms with Crippen molar-refractivity contribution in [1.82, 2.24) is 10.2 Å². The second kappa shape index (κ2) is 6.00. The molecule has 126 valence electrons. The molecule has 3 rings (SSSR count). The van der Waals surface area contributed by atoms with Crippen molar-refractivity contribution in [3.05, 3.63) is 23.2 Å². The number of nitrogens with zero attached hydrogens (tertiary/aromatic N) is 1. The summed E-state index contributed by atoms with van der Waals surface area (Å²) in [6.45, 7) is 6.13. The normalized spacial score (nSPS) is 23.3. The van der Waals surface area contributed by atoms with E-state index in [0.29, 0.717) is 37.6 Å². The fourth-order valence-corrected chi connectivity index (χ4v) is 3.90. The Bertz CT molecular complexity index is 614. The van der Waals surface area contributed by atoms with Crippen LogP contribution < -0.4 is 5.32 Å². The molecule has 0 saturated carbocycles. The average Bonchev–Trinajstić information content (AvgIpc) is 3.02. The summed E-state index contributed by atoms with van der Waals surface area (Å²) >= 11 is 0. The number of likely N-dealkylation sites (tertiary alicyclic amines) is 1. The molecule has 6 nitrogen and oxygen atoms in total. The van der Waals surface area contributed by atoms with Gasteiger partial charge < -0.3 is 19.4 Å². The Kier molecular flexibility index (Phi) is 4.19. The van der Waals surface area contributed by atoms with Crippen molar-refractivity contribution in [2.75, 3.05) is 33.4 Å². The Hall–Kier alpha value is -1.82. The van der Waals surface area contributed by atoms with Gasteiger partial charge in [-0.3, -0.25) is 9.59 Å². The maximum absolute atomic E-state index is 12.7. The molecular weight excluding hydrogens is 296 g/mol. The van der Waals surface area contributed by atoms with Crippen molar-refractivity contribution < 1.29 is 18.7 Å². The van der Waals surface area contributed by atoms with Crippen molar-refractivity contribution in [3.63, 3.8) is 0 Å². The van der Waals surface area contributed by atoms with Crippen LogP contribution in [-0.4, -0.2) is 50.1 Å². The van der Waals surface area contributed by atoms with Crippen LogP contribution in [0.25, 0.3) is 0 Å². The Morgan fingerprint density at radius 1 is 1.43 bits per heavy atom. The van der Waals surface area contributed by atoms with Gasteiger partial charge >= 0.3 is 0 Å². The van der Waals surface area contributed by atoms with Crippen LogP contribution in [0.15, 0.2) is 10.5 Å². The Labute approximate surface area is 136 Å². The number of hydrogen-bond acceptors (Lipinski definition) is 4. The first-order valence-corrected chi connectivity index (χ1v) is 8.10. The summed E-state index contributed by atoms with van der Waals surface area (Å²) in [5.74, 6) is 1.41. The number of piperidine rings is 1. The molecule has 1 aromatic heterocycles. The summed E-state index contributed by atoms with van der Waals surface area (Å²) in [5, 5.41) is 2.97. The number of methoxy groups -OCH3 is 1. The number of furan rings is 1. The SMILES string of the molecule is COC[C@H]1C(=O)NCC12CCN(C(=O)c1cc(C)oc1C)CC2. The van der Waals surface area contributed by atoms with Gasteiger partial charge in [-0.25, -0.2) is 0 Å². The lowest BCUT2D eigenvalue weighted by molar-refractivity contribution is -0.126. The summed E-state index contributed by atoms with van der Waals surface area (Å²) in [4.78, 5) is 26.6. The molecule has 0 radical (unpaired) electrons. The summed E-state index contributed by atoms with van der Waals surface area (Å²) in [5.41, 5.74) is 0.568. The van der Waals surface area contributed by atoms with Crippen molar-refractivity contribution in [3.8, 4) is 0 Å². The molecule has 2 aliphatic rings. The van der Waals surface area contributed by atoms with E-state index < -0.39 is 0 Å². The molecule has 2 amide bonds. The first-order valence-electron chi connectivity index (χ1n) is 8.10. The van der Waals surface area contributed by atoms with E-state index in [1.807, 2.05) is 18.7 Å². The maximum Gasteiger partial charge on any atom is 0.257 e. The van der Waals surface area contributed by atoms with Crippen LogP contribution in [0.2, 0.25) is 0 Å². The molecule has 0 aromatic carbocycles. The van der Waals surface area contributed by atoms with Crippen LogP contribution in [0.4, 0.5) is 0 Å². The molecule has 1 N–H and O–H groups in total. The molecule has 1 aromatic rings. The summed E-state index contributed by atoms with van der Waals surface area (Å²) in [6.07, 6.45) is 1.64. The second-order valence-electron chi connectivity index (χ2n) is 6.71. The fourth-order valence-electron chi connectivity index (χ4n) is 3.90. The van der Waals surface area contributed by atoms with E-state index in [4.69, 9.17) is 9.15 Å². The number of amides is 2. The average molecular weight is 320 g/mol. The van der Waals surface area contributed by atoms with Gasteiger partial charge in [0, 0.05) is 32.2 Å². The van der Waals surface area contributed by atoms with Gasteiger partial charge in [-0.1, -0.05) is 0 Å². The van der Waals surface area contributed by atoms with Gasteiger partial charge in [0.1, 0.15) is 11.5 Å². The standard InChI is InChI=1S/C17H24N2O4/c1-11-8-13(12(2)23-11)16(21)19-6-4-17(5-7-19)10-18-15(20)14(17)9-22-3/h8,14H,4-7,9-10H2,1-3H3,(H,18,20)/t14-/m0/s1. The minimum Gasteiger partial charge on any atom is -0.466 e. The monoisotopic (exact) mass is 320 g/mol. The molecule has 2 saturated heterocycles. The first kappa shape index (κ1) is 16.1. The van der Waals surface area contributed by atoms with Gasteiger partial charge in [-0.05, 0) is 32.8 Å². The third kappa shape index (κ3) is 2.76. The van der Waals surface area contributed by atoms with Crippen molar-refractivity contribution in [2.45, 2.75) is 26.7 Å². The quantitative estimate of drug-likeness (QED) is 0.916. The third-order valence-electron chi connectivity index (χ3n) is 5.32. The topological polar surface area (TPSA) is 71.8 Å². The van der Waals surface area contributed by atoms with Crippen LogP contribution in [0.3, 0.4) is 0 Å². The molecular formula is C17H24N2O4. The van der Waals surface area contributed by atoms with Crippen LogP contribution in [0.1, 0.15) is 34.7 Å². The molecule has 3 heterocycles. The van der Waals surface area contributed by atoms with Gasteiger partial charge in [0.2, 0.25) is 5.91 Å². The summed E-state index contributed by atoms with van der Waals surface area (Å²) in [6, 6.07) is 1.80. The summed E-state index contributed by atoms with van der Waals surface area (Å²) in [7, 11) is 1.63. The largest absolute Gasteiger partial charge is 0.466 e. The van der Waals surface area contributed by atoms with Gasteiger partial charge in [0.15, 0.2) is 0 Å². The van der Waals surface area contributed by atoms with Crippen LogP contribution >= 0.6 is 0 Å². The maximum atomic E-state index is 12.7. The van der Waals surface area contributed by atoms with E-state index in [1.165, 1.54) is 0 Å². The molecule has 6 heteroatoms. The van der Waals surface area contributed by atoms with Crippen molar-refractivity contribution in [2.24, 2.45) is 11.3 Å². The number of carbonyl (C=O) groups excluding carboxylic acids is 2. The minimum atomic E-state index is -0.109. The highest BCUT2D eigenvalue weighted by Crippen LogP contribution is 2.42. The lowest BCUT2D eigenvalue weighted by atomic mass is 9.71. The molecule has 2 fully saturated rings. The summed E-state index contributed by atoms with van der Waals surface area (Å²) < 4.78 is 10.7. The van der Waals surface area contributed by atoms with Crippen LogP contribution in [0.5, 0.6) is 0 Å². The smallest absolute Gasteiger partial charge is 0.257 e. The van der Waals surface area contributed by atoms with Crippen molar-refractivity contribution >= 4 is 11.8 Å². The van der Waals surface area contributed by atoms with E-state index in [-0.39, 0.29) is 23.1 Å². The Morgan fingerprint density at radius 3 is 2.70 bits per heavy atom. The highest BCUT2D eigenvalue weighted by molar-refractivity contribution is 5.95. The highest BCUT2D eigenvalue weighted by atomic mass is 16.5. The van der Waals surface area contributed by atoms with Gasteiger partial charge in [0.05, 0.1) is 18.1 Å². The molecule has 1 spiro atoms. The zero-order valence-electron chi connectivity index (χ0n) is 14.0. The third-order valence-corrected chi connectivity index (χ3v) is 5.32. The molecule has 23 heavy (non-hydrogen) atoms. The predicted octanol–water partition coefficient (Wildman–Crippen LogP) is 1.51. The number of hydrogen-bond donors (Lipinski definition) is 1.